The monoisotopic (exact) mass is 455 g/mol. The summed E-state index contributed by atoms with van der Waals surface area (Å²) in [6.07, 6.45) is -0.913. The lowest BCUT2D eigenvalue weighted by molar-refractivity contribution is -0.192. The third-order valence-corrected chi connectivity index (χ3v) is 5.05. The molecule has 32 heavy (non-hydrogen) atoms. The van der Waals surface area contributed by atoms with Gasteiger partial charge in [-0.05, 0) is 60.2 Å². The van der Waals surface area contributed by atoms with Crippen LogP contribution in [0.25, 0.3) is 22.0 Å². The molecule has 5 N–H and O–H groups in total. The van der Waals surface area contributed by atoms with E-state index in [1.807, 2.05) is 19.1 Å². The number of carboxylic acid groups (broad SMARTS) is 1. The molecule has 4 rings (SSSR count). The highest BCUT2D eigenvalue weighted by Gasteiger charge is 2.38. The van der Waals surface area contributed by atoms with Gasteiger partial charge >= 0.3 is 12.1 Å². The molecule has 2 aromatic carbocycles. The van der Waals surface area contributed by atoms with E-state index in [4.69, 9.17) is 20.4 Å². The summed E-state index contributed by atoms with van der Waals surface area (Å²) in [5.74, 6) is -3.01. The molecule has 1 aliphatic rings. The van der Waals surface area contributed by atoms with Gasteiger partial charge in [-0.1, -0.05) is 6.92 Å². The summed E-state index contributed by atoms with van der Waals surface area (Å²) < 4.78 is 51.8. The topological polar surface area (TPSA) is 121 Å². The number of aromatic hydroxyl groups is 1. The summed E-state index contributed by atoms with van der Waals surface area (Å²) in [4.78, 5) is 8.90. The van der Waals surface area contributed by atoms with E-state index >= 15 is 0 Å². The van der Waals surface area contributed by atoms with Gasteiger partial charge in [0.15, 0.2) is 11.6 Å². The number of hydrogen-bond acceptors (Lipinski definition) is 5. The van der Waals surface area contributed by atoms with Crippen LogP contribution in [0.15, 0.2) is 30.5 Å². The molecule has 0 aliphatic heterocycles. The number of rotatable bonds is 4. The number of carboxylic acids is 1. The second-order valence-electron chi connectivity index (χ2n) is 7.39. The van der Waals surface area contributed by atoms with E-state index in [-0.39, 0.29) is 17.9 Å². The van der Waals surface area contributed by atoms with E-state index in [9.17, 15) is 22.7 Å². The SMILES string of the molecule is CCc1cc(O)c(F)cc1-c1cc(OC2CC(N)C2)c2cn[nH]c2c1.O=C(O)C(F)(F)F. The Labute approximate surface area is 179 Å². The molecule has 0 amide bonds. The summed E-state index contributed by atoms with van der Waals surface area (Å²) >= 11 is 0. The van der Waals surface area contributed by atoms with Crippen molar-refractivity contribution in [3.05, 3.63) is 41.8 Å². The van der Waals surface area contributed by atoms with Gasteiger partial charge in [-0.2, -0.15) is 18.3 Å². The Morgan fingerprint density at radius 2 is 1.94 bits per heavy atom. The highest BCUT2D eigenvalue weighted by atomic mass is 19.4. The lowest BCUT2D eigenvalue weighted by atomic mass is 9.90. The molecule has 172 valence electrons. The molecule has 1 fully saturated rings. The number of aromatic amines is 1. The minimum absolute atomic E-state index is 0.102. The second kappa shape index (κ2) is 9.03. The molecular weight excluding hydrogens is 434 g/mol. The van der Waals surface area contributed by atoms with Crippen molar-refractivity contribution in [2.45, 2.75) is 44.5 Å². The van der Waals surface area contributed by atoms with Crippen LogP contribution in [0.2, 0.25) is 0 Å². The Morgan fingerprint density at radius 3 is 2.50 bits per heavy atom. The summed E-state index contributed by atoms with van der Waals surface area (Å²) in [5.41, 5.74) is 9.10. The van der Waals surface area contributed by atoms with E-state index < -0.39 is 18.0 Å². The number of aryl methyl sites for hydroxylation is 1. The quantitative estimate of drug-likeness (QED) is 0.439. The van der Waals surface area contributed by atoms with Crippen LogP contribution in [0.4, 0.5) is 17.6 Å². The van der Waals surface area contributed by atoms with Crippen LogP contribution >= 0.6 is 0 Å². The predicted molar refractivity (Wildman–Crippen MR) is 108 cm³/mol. The summed E-state index contributed by atoms with van der Waals surface area (Å²) in [6, 6.07) is 6.88. The van der Waals surface area contributed by atoms with Crippen molar-refractivity contribution >= 4 is 16.9 Å². The fourth-order valence-electron chi connectivity index (χ4n) is 3.32. The number of nitrogens with two attached hydrogens (primary N) is 1. The van der Waals surface area contributed by atoms with Crippen LogP contribution in [-0.2, 0) is 11.2 Å². The smallest absolute Gasteiger partial charge is 0.490 e. The number of H-pyrrole nitrogens is 1. The average Bonchev–Trinajstić information content (AvgIpc) is 3.17. The van der Waals surface area contributed by atoms with E-state index in [1.54, 1.807) is 6.20 Å². The molecule has 1 saturated carbocycles. The van der Waals surface area contributed by atoms with Crippen molar-refractivity contribution in [1.82, 2.24) is 10.2 Å². The molecule has 0 bridgehead atoms. The second-order valence-corrected chi connectivity index (χ2v) is 7.39. The van der Waals surface area contributed by atoms with Gasteiger partial charge in [-0.3, -0.25) is 5.10 Å². The number of alkyl halides is 3. The Balaban J connectivity index is 0.000000360. The Hall–Kier alpha value is -3.34. The molecule has 1 aliphatic carbocycles. The third-order valence-electron chi connectivity index (χ3n) is 5.05. The largest absolute Gasteiger partial charge is 0.505 e. The van der Waals surface area contributed by atoms with E-state index in [2.05, 4.69) is 10.2 Å². The average molecular weight is 455 g/mol. The van der Waals surface area contributed by atoms with E-state index in [0.29, 0.717) is 12.2 Å². The molecule has 3 aromatic rings. The number of aliphatic carboxylic acids is 1. The fourth-order valence-corrected chi connectivity index (χ4v) is 3.32. The lowest BCUT2D eigenvalue weighted by Crippen LogP contribution is -2.43. The van der Waals surface area contributed by atoms with Gasteiger partial charge in [0.25, 0.3) is 0 Å². The number of fused-ring (bicyclic) bond motifs is 1. The normalized spacial score (nSPS) is 17.9. The first-order valence-electron chi connectivity index (χ1n) is 9.70. The molecule has 0 spiro atoms. The summed E-state index contributed by atoms with van der Waals surface area (Å²) in [6.45, 7) is 1.97. The number of hydrogen-bond donors (Lipinski definition) is 4. The molecule has 0 unspecified atom stereocenters. The molecule has 0 atom stereocenters. The zero-order valence-corrected chi connectivity index (χ0v) is 16.9. The van der Waals surface area contributed by atoms with Crippen molar-refractivity contribution in [2.75, 3.05) is 0 Å². The first-order valence-corrected chi connectivity index (χ1v) is 9.70. The zero-order chi connectivity index (χ0) is 23.6. The van der Waals surface area contributed by atoms with Crippen molar-refractivity contribution in [3.63, 3.8) is 0 Å². The molecule has 0 saturated heterocycles. The number of carbonyl (C=O) groups is 1. The highest BCUT2D eigenvalue weighted by Crippen LogP contribution is 2.37. The number of phenolic OH excluding ortho intramolecular Hbond substituents is 1. The van der Waals surface area contributed by atoms with Crippen LogP contribution in [0, 0.1) is 5.82 Å². The number of nitrogens with one attached hydrogen (secondary N) is 1. The summed E-state index contributed by atoms with van der Waals surface area (Å²) in [5, 5.41) is 24.7. The zero-order valence-electron chi connectivity index (χ0n) is 16.9. The van der Waals surface area contributed by atoms with Crippen LogP contribution < -0.4 is 10.5 Å². The maximum atomic E-state index is 13.9. The van der Waals surface area contributed by atoms with Crippen LogP contribution in [0.3, 0.4) is 0 Å². The Bertz CT molecular complexity index is 1120. The lowest BCUT2D eigenvalue weighted by Gasteiger charge is -2.32. The molecular formula is C21H21F4N3O4. The number of halogens is 4. The minimum Gasteiger partial charge on any atom is -0.505 e. The molecule has 1 aromatic heterocycles. The van der Waals surface area contributed by atoms with Gasteiger partial charge in [-0.25, -0.2) is 9.18 Å². The standard InChI is InChI=1S/C19H20FN3O2.C2HF3O2/c1-2-10-4-18(24)16(20)8-14(10)11-3-17-15(9-22-23-17)19(5-11)25-13-6-12(21)7-13;3-2(4,5)1(6)7/h3-5,8-9,12-13,24H,2,6-7,21H2,1H3,(H,22,23);(H,6,7). The van der Waals surface area contributed by atoms with Crippen LogP contribution in [0.1, 0.15) is 25.3 Å². The number of nitrogens with zero attached hydrogens (tertiary/aromatic N) is 1. The van der Waals surface area contributed by atoms with Crippen LogP contribution in [0.5, 0.6) is 11.5 Å². The molecule has 11 heteroatoms. The van der Waals surface area contributed by atoms with Gasteiger partial charge in [0.05, 0.1) is 17.1 Å². The highest BCUT2D eigenvalue weighted by molar-refractivity contribution is 5.90. The molecule has 7 nitrogen and oxygen atoms in total. The van der Waals surface area contributed by atoms with Gasteiger partial charge < -0.3 is 20.7 Å². The van der Waals surface area contributed by atoms with Crippen molar-refractivity contribution in [1.29, 1.82) is 0 Å². The Kier molecular flexibility index (Phi) is 6.58. The molecule has 1 heterocycles. The van der Waals surface area contributed by atoms with Gasteiger partial charge in [0.2, 0.25) is 0 Å². The maximum absolute atomic E-state index is 13.9. The first-order chi connectivity index (χ1) is 15.0. The number of ether oxygens (including phenoxy) is 1. The van der Waals surface area contributed by atoms with Gasteiger partial charge in [-0.15, -0.1) is 0 Å². The predicted octanol–water partition coefficient (Wildman–Crippen LogP) is 4.14. The van der Waals surface area contributed by atoms with Crippen LogP contribution in [-0.4, -0.2) is 44.7 Å². The van der Waals surface area contributed by atoms with E-state index in [0.717, 1.165) is 40.4 Å². The van der Waals surface area contributed by atoms with Gasteiger partial charge in [0.1, 0.15) is 11.9 Å². The first kappa shape index (κ1) is 23.3. The van der Waals surface area contributed by atoms with Crippen molar-refractivity contribution < 1.29 is 37.3 Å². The summed E-state index contributed by atoms with van der Waals surface area (Å²) in [7, 11) is 0. The Morgan fingerprint density at radius 1 is 1.28 bits per heavy atom. The number of aromatic nitrogens is 2. The number of benzene rings is 2. The van der Waals surface area contributed by atoms with E-state index in [1.165, 1.54) is 12.1 Å². The minimum atomic E-state index is -5.08. The maximum Gasteiger partial charge on any atom is 0.490 e. The van der Waals surface area contributed by atoms with Gasteiger partial charge in [0, 0.05) is 6.04 Å². The molecule has 0 radical (unpaired) electrons. The fraction of sp³-hybridized carbons (Fsp3) is 0.333. The van der Waals surface area contributed by atoms with Crippen molar-refractivity contribution in [2.24, 2.45) is 5.73 Å². The number of phenols is 1. The van der Waals surface area contributed by atoms with Crippen molar-refractivity contribution in [3.8, 4) is 22.6 Å². The third kappa shape index (κ3) is 5.10.